The third kappa shape index (κ3) is 4.99. The minimum absolute atomic E-state index is 0.0636. The summed E-state index contributed by atoms with van der Waals surface area (Å²) in [6, 6.07) is 15.9. The molecular weight excluding hydrogens is 456 g/mol. The maximum atomic E-state index is 13.1. The van der Waals surface area contributed by atoms with E-state index in [2.05, 4.69) is 4.98 Å². The standard InChI is InChI=1S/C25H22N2O6S/c1-16-21-23(34-22(16)25(30)33-12-11-32-18-8-4-3-5-9-18)26-15-27(24(21)29)14-20(28)17-7-6-10-19(13-17)31-2/h3-10,13,15H,11-12,14H2,1-2H3. The van der Waals surface area contributed by atoms with E-state index in [1.165, 1.54) is 18.0 Å². The van der Waals surface area contributed by atoms with Crippen molar-refractivity contribution in [2.24, 2.45) is 0 Å². The van der Waals surface area contributed by atoms with Crippen LogP contribution in [0.5, 0.6) is 11.5 Å². The Morgan fingerprint density at radius 3 is 2.56 bits per heavy atom. The zero-order chi connectivity index (χ0) is 24.1. The van der Waals surface area contributed by atoms with Crippen LogP contribution in [0.3, 0.4) is 0 Å². The summed E-state index contributed by atoms with van der Waals surface area (Å²) >= 11 is 1.09. The van der Waals surface area contributed by atoms with Gasteiger partial charge in [-0.2, -0.15) is 0 Å². The number of benzene rings is 2. The molecule has 174 valence electrons. The van der Waals surface area contributed by atoms with Crippen molar-refractivity contribution in [2.45, 2.75) is 13.5 Å². The Labute approximate surface area is 199 Å². The van der Waals surface area contributed by atoms with Gasteiger partial charge >= 0.3 is 5.97 Å². The molecule has 34 heavy (non-hydrogen) atoms. The number of thiophene rings is 1. The van der Waals surface area contributed by atoms with E-state index in [0.29, 0.717) is 37.7 Å². The van der Waals surface area contributed by atoms with E-state index in [-0.39, 0.29) is 31.1 Å². The van der Waals surface area contributed by atoms with Gasteiger partial charge in [-0.15, -0.1) is 11.3 Å². The van der Waals surface area contributed by atoms with Crippen molar-refractivity contribution in [1.82, 2.24) is 9.55 Å². The molecular formula is C25H22N2O6S. The maximum absolute atomic E-state index is 13.1. The van der Waals surface area contributed by atoms with Crippen LogP contribution < -0.4 is 15.0 Å². The molecule has 2 aromatic carbocycles. The smallest absolute Gasteiger partial charge is 0.348 e. The lowest BCUT2D eigenvalue weighted by Gasteiger charge is -2.07. The average molecular weight is 479 g/mol. The number of para-hydroxylation sites is 1. The Morgan fingerprint density at radius 1 is 1.03 bits per heavy atom. The number of aryl methyl sites for hydroxylation is 1. The van der Waals surface area contributed by atoms with E-state index in [0.717, 1.165) is 11.3 Å². The summed E-state index contributed by atoms with van der Waals surface area (Å²) in [6.07, 6.45) is 1.32. The summed E-state index contributed by atoms with van der Waals surface area (Å²) < 4.78 is 17.2. The number of nitrogens with zero attached hydrogens (tertiary/aromatic N) is 2. The lowest BCUT2D eigenvalue weighted by molar-refractivity contribution is 0.0455. The zero-order valence-electron chi connectivity index (χ0n) is 18.6. The first-order chi connectivity index (χ1) is 16.5. The first-order valence-corrected chi connectivity index (χ1v) is 11.3. The minimum Gasteiger partial charge on any atom is -0.497 e. The van der Waals surface area contributed by atoms with Crippen LogP contribution in [-0.2, 0) is 11.3 Å². The highest BCUT2D eigenvalue weighted by atomic mass is 32.1. The second-order valence-corrected chi connectivity index (χ2v) is 8.37. The van der Waals surface area contributed by atoms with E-state index in [1.54, 1.807) is 31.2 Å². The fourth-order valence-electron chi connectivity index (χ4n) is 3.39. The van der Waals surface area contributed by atoms with Crippen LogP contribution in [0.25, 0.3) is 10.2 Å². The van der Waals surface area contributed by atoms with Gasteiger partial charge in [-0.1, -0.05) is 30.3 Å². The number of ether oxygens (including phenoxy) is 3. The Balaban J connectivity index is 1.47. The van der Waals surface area contributed by atoms with E-state index in [4.69, 9.17) is 14.2 Å². The summed E-state index contributed by atoms with van der Waals surface area (Å²) in [5, 5.41) is 0.304. The number of Topliss-reactive ketones (excluding diaryl/α,β-unsaturated/α-hetero) is 1. The van der Waals surface area contributed by atoms with Gasteiger partial charge in [0.05, 0.1) is 25.4 Å². The Kier molecular flexibility index (Phi) is 7.03. The van der Waals surface area contributed by atoms with Gasteiger partial charge in [0.25, 0.3) is 5.56 Å². The SMILES string of the molecule is COc1cccc(C(=O)Cn2cnc3sc(C(=O)OCCOc4ccccc4)c(C)c3c2=O)c1. The molecule has 4 rings (SSSR count). The number of hydrogen-bond acceptors (Lipinski definition) is 8. The fourth-order valence-corrected chi connectivity index (χ4v) is 4.42. The molecule has 2 aromatic heterocycles. The third-order valence-corrected chi connectivity index (χ3v) is 6.32. The molecule has 4 aromatic rings. The topological polar surface area (TPSA) is 96.7 Å². The van der Waals surface area contributed by atoms with Crippen molar-refractivity contribution in [2.75, 3.05) is 20.3 Å². The first-order valence-electron chi connectivity index (χ1n) is 10.5. The van der Waals surface area contributed by atoms with Gasteiger partial charge in [0.15, 0.2) is 5.78 Å². The molecule has 0 bridgehead atoms. The number of carbonyl (C=O) groups excluding carboxylic acids is 2. The van der Waals surface area contributed by atoms with Gasteiger partial charge in [-0.3, -0.25) is 14.2 Å². The van der Waals surface area contributed by atoms with Crippen molar-refractivity contribution in [3.05, 3.63) is 87.3 Å². The van der Waals surface area contributed by atoms with Gasteiger partial charge in [0.2, 0.25) is 0 Å². The van der Waals surface area contributed by atoms with E-state index in [9.17, 15) is 14.4 Å². The highest BCUT2D eigenvalue weighted by Gasteiger charge is 2.21. The number of hydrogen-bond donors (Lipinski definition) is 0. The van der Waals surface area contributed by atoms with Crippen molar-refractivity contribution >= 4 is 33.3 Å². The first kappa shape index (κ1) is 23.2. The number of esters is 1. The van der Waals surface area contributed by atoms with Gasteiger partial charge in [0.1, 0.15) is 34.4 Å². The number of methoxy groups -OCH3 is 1. The van der Waals surface area contributed by atoms with Crippen LogP contribution >= 0.6 is 11.3 Å². The van der Waals surface area contributed by atoms with E-state index >= 15 is 0 Å². The molecule has 0 amide bonds. The van der Waals surface area contributed by atoms with Gasteiger partial charge in [-0.25, -0.2) is 9.78 Å². The minimum atomic E-state index is -0.546. The second-order valence-electron chi connectivity index (χ2n) is 7.37. The van der Waals surface area contributed by atoms with Crippen molar-refractivity contribution in [3.8, 4) is 11.5 Å². The molecule has 0 N–H and O–H groups in total. The predicted molar refractivity (Wildman–Crippen MR) is 128 cm³/mol. The number of carbonyl (C=O) groups is 2. The average Bonchev–Trinajstić information content (AvgIpc) is 3.21. The highest BCUT2D eigenvalue weighted by molar-refractivity contribution is 7.20. The number of rotatable bonds is 9. The van der Waals surface area contributed by atoms with Crippen LogP contribution in [0.4, 0.5) is 0 Å². The predicted octanol–water partition coefficient (Wildman–Crippen LogP) is 3.89. The summed E-state index contributed by atoms with van der Waals surface area (Å²) in [5.41, 5.74) is 0.520. The Hall–Kier alpha value is -3.98. The van der Waals surface area contributed by atoms with Crippen LogP contribution in [0.15, 0.2) is 65.7 Å². The maximum Gasteiger partial charge on any atom is 0.348 e. The molecule has 0 aliphatic rings. The van der Waals surface area contributed by atoms with Crippen molar-refractivity contribution in [3.63, 3.8) is 0 Å². The van der Waals surface area contributed by atoms with Gasteiger partial charge < -0.3 is 14.2 Å². The lowest BCUT2D eigenvalue weighted by Crippen LogP contribution is -2.24. The van der Waals surface area contributed by atoms with Crippen LogP contribution in [0.1, 0.15) is 25.6 Å². The number of ketones is 1. The van der Waals surface area contributed by atoms with Crippen LogP contribution in [-0.4, -0.2) is 41.6 Å². The molecule has 0 aliphatic carbocycles. The molecule has 0 aliphatic heterocycles. The molecule has 9 heteroatoms. The normalized spacial score (nSPS) is 10.8. The third-order valence-electron chi connectivity index (χ3n) is 5.14. The Bertz CT molecular complexity index is 1390. The molecule has 0 unspecified atom stereocenters. The van der Waals surface area contributed by atoms with Crippen molar-refractivity contribution < 1.29 is 23.8 Å². The summed E-state index contributed by atoms with van der Waals surface area (Å²) in [5.74, 6) is 0.436. The summed E-state index contributed by atoms with van der Waals surface area (Å²) in [4.78, 5) is 43.4. The number of fused-ring (bicyclic) bond motifs is 1. The van der Waals surface area contributed by atoms with E-state index < -0.39 is 5.97 Å². The van der Waals surface area contributed by atoms with Gasteiger partial charge in [0, 0.05) is 5.56 Å². The molecule has 0 atom stereocenters. The van der Waals surface area contributed by atoms with Crippen LogP contribution in [0, 0.1) is 6.92 Å². The fraction of sp³-hybridized carbons (Fsp3) is 0.200. The van der Waals surface area contributed by atoms with Crippen molar-refractivity contribution in [1.29, 1.82) is 0 Å². The van der Waals surface area contributed by atoms with Gasteiger partial charge in [-0.05, 0) is 36.8 Å². The summed E-state index contributed by atoms with van der Waals surface area (Å²) in [7, 11) is 1.52. The second kappa shape index (κ2) is 10.3. The quantitative estimate of drug-likeness (QED) is 0.205. The number of aromatic nitrogens is 2. The molecule has 0 radical (unpaired) electrons. The molecule has 0 saturated carbocycles. The molecule has 2 heterocycles. The molecule has 8 nitrogen and oxygen atoms in total. The molecule has 0 fully saturated rings. The Morgan fingerprint density at radius 2 is 1.79 bits per heavy atom. The largest absolute Gasteiger partial charge is 0.497 e. The summed E-state index contributed by atoms with van der Waals surface area (Å²) in [6.45, 7) is 1.76. The zero-order valence-corrected chi connectivity index (χ0v) is 19.5. The van der Waals surface area contributed by atoms with E-state index in [1.807, 2.05) is 30.3 Å². The highest BCUT2D eigenvalue weighted by Crippen LogP contribution is 2.27. The molecule has 0 saturated heterocycles. The van der Waals surface area contributed by atoms with Crippen LogP contribution in [0.2, 0.25) is 0 Å². The molecule has 0 spiro atoms. The lowest BCUT2D eigenvalue weighted by atomic mass is 10.1. The monoisotopic (exact) mass is 478 g/mol.